The number of aryl methyl sites for hydroxylation is 1. The largest absolute Gasteiger partial charge is 0.318 e. The highest BCUT2D eigenvalue weighted by Crippen LogP contribution is 2.24. The molecule has 0 saturated heterocycles. The van der Waals surface area contributed by atoms with Crippen molar-refractivity contribution in [1.29, 1.82) is 0 Å². The lowest BCUT2D eigenvalue weighted by Crippen LogP contribution is -2.14. The number of thiophene rings is 1. The molecule has 1 atom stereocenters. The zero-order chi connectivity index (χ0) is 10.7. The standard InChI is InChI=1S/C12H14N2S/c1-2-9-5-3-7-14-12(9)11(13)10-6-4-8-15-10/h3-8,11H,2,13H2,1H3. The second-order valence-corrected chi connectivity index (χ2v) is 4.37. The van der Waals surface area contributed by atoms with Gasteiger partial charge in [-0.15, -0.1) is 11.3 Å². The molecular weight excluding hydrogens is 204 g/mol. The molecule has 0 amide bonds. The van der Waals surface area contributed by atoms with Crippen molar-refractivity contribution in [3.05, 3.63) is 52.0 Å². The summed E-state index contributed by atoms with van der Waals surface area (Å²) in [4.78, 5) is 5.56. The molecule has 2 N–H and O–H groups in total. The fourth-order valence-electron chi connectivity index (χ4n) is 1.63. The monoisotopic (exact) mass is 218 g/mol. The van der Waals surface area contributed by atoms with Crippen molar-refractivity contribution in [3.8, 4) is 0 Å². The van der Waals surface area contributed by atoms with Gasteiger partial charge >= 0.3 is 0 Å². The molecule has 0 saturated carbocycles. The normalized spacial score (nSPS) is 12.7. The van der Waals surface area contributed by atoms with Gasteiger partial charge in [0, 0.05) is 11.1 Å². The van der Waals surface area contributed by atoms with E-state index in [2.05, 4.69) is 24.0 Å². The van der Waals surface area contributed by atoms with Gasteiger partial charge in [-0.05, 0) is 29.5 Å². The van der Waals surface area contributed by atoms with E-state index in [1.807, 2.05) is 23.7 Å². The summed E-state index contributed by atoms with van der Waals surface area (Å²) in [7, 11) is 0. The maximum atomic E-state index is 6.19. The molecule has 0 fully saturated rings. The summed E-state index contributed by atoms with van der Waals surface area (Å²) in [5.41, 5.74) is 8.42. The van der Waals surface area contributed by atoms with Crippen LogP contribution < -0.4 is 5.73 Å². The van der Waals surface area contributed by atoms with Crippen LogP contribution in [0.15, 0.2) is 35.8 Å². The predicted molar refractivity (Wildman–Crippen MR) is 64.0 cm³/mol. The lowest BCUT2D eigenvalue weighted by molar-refractivity contribution is 0.821. The third kappa shape index (κ3) is 2.08. The summed E-state index contributed by atoms with van der Waals surface area (Å²) in [6.45, 7) is 2.13. The molecule has 78 valence electrons. The minimum absolute atomic E-state index is 0.0823. The van der Waals surface area contributed by atoms with Crippen molar-refractivity contribution in [2.75, 3.05) is 0 Å². The van der Waals surface area contributed by atoms with Crippen LogP contribution in [0.3, 0.4) is 0 Å². The van der Waals surface area contributed by atoms with E-state index < -0.39 is 0 Å². The van der Waals surface area contributed by atoms with Gasteiger partial charge in [-0.3, -0.25) is 4.98 Å². The van der Waals surface area contributed by atoms with Gasteiger partial charge in [-0.1, -0.05) is 19.1 Å². The number of nitrogens with two attached hydrogens (primary N) is 1. The molecule has 0 radical (unpaired) electrons. The molecule has 2 nitrogen and oxygen atoms in total. The number of rotatable bonds is 3. The van der Waals surface area contributed by atoms with Crippen LogP contribution in [0.1, 0.15) is 29.1 Å². The summed E-state index contributed by atoms with van der Waals surface area (Å²) in [5.74, 6) is 0. The number of pyridine rings is 1. The average molecular weight is 218 g/mol. The zero-order valence-electron chi connectivity index (χ0n) is 8.68. The van der Waals surface area contributed by atoms with Crippen LogP contribution in [0, 0.1) is 0 Å². The minimum Gasteiger partial charge on any atom is -0.318 e. The van der Waals surface area contributed by atoms with Gasteiger partial charge in [0.2, 0.25) is 0 Å². The smallest absolute Gasteiger partial charge is 0.0822 e. The Morgan fingerprint density at radius 2 is 2.27 bits per heavy atom. The molecule has 2 aromatic rings. The molecule has 15 heavy (non-hydrogen) atoms. The summed E-state index contributed by atoms with van der Waals surface area (Å²) < 4.78 is 0. The molecule has 0 bridgehead atoms. The van der Waals surface area contributed by atoms with E-state index >= 15 is 0 Å². The second kappa shape index (κ2) is 4.55. The number of hydrogen-bond donors (Lipinski definition) is 1. The summed E-state index contributed by atoms with van der Waals surface area (Å²) in [5, 5.41) is 2.05. The van der Waals surface area contributed by atoms with Crippen molar-refractivity contribution in [1.82, 2.24) is 4.98 Å². The van der Waals surface area contributed by atoms with Crippen LogP contribution >= 0.6 is 11.3 Å². The molecule has 0 aliphatic carbocycles. The highest BCUT2D eigenvalue weighted by Gasteiger charge is 2.13. The Morgan fingerprint density at radius 1 is 1.40 bits per heavy atom. The number of aromatic nitrogens is 1. The van der Waals surface area contributed by atoms with Crippen LogP contribution in [0.4, 0.5) is 0 Å². The molecule has 3 heteroatoms. The van der Waals surface area contributed by atoms with Crippen LogP contribution in [0.2, 0.25) is 0 Å². The summed E-state index contributed by atoms with van der Waals surface area (Å²) >= 11 is 1.68. The van der Waals surface area contributed by atoms with E-state index in [1.165, 1.54) is 10.4 Å². The second-order valence-electron chi connectivity index (χ2n) is 3.39. The third-order valence-electron chi connectivity index (χ3n) is 2.45. The van der Waals surface area contributed by atoms with Gasteiger partial charge in [-0.25, -0.2) is 0 Å². The van der Waals surface area contributed by atoms with Gasteiger partial charge < -0.3 is 5.73 Å². The Kier molecular flexibility index (Phi) is 3.14. The van der Waals surface area contributed by atoms with Gasteiger partial charge in [0.05, 0.1) is 11.7 Å². The molecule has 0 aliphatic heterocycles. The van der Waals surface area contributed by atoms with Gasteiger partial charge in [0.25, 0.3) is 0 Å². The van der Waals surface area contributed by atoms with Gasteiger partial charge in [0.1, 0.15) is 0 Å². The quantitative estimate of drug-likeness (QED) is 0.860. The van der Waals surface area contributed by atoms with Crippen molar-refractivity contribution in [3.63, 3.8) is 0 Å². The molecule has 2 heterocycles. The molecular formula is C12H14N2S. The highest BCUT2D eigenvalue weighted by atomic mass is 32.1. The minimum atomic E-state index is -0.0823. The van der Waals surface area contributed by atoms with E-state index in [0.717, 1.165) is 12.1 Å². The first-order valence-electron chi connectivity index (χ1n) is 5.05. The van der Waals surface area contributed by atoms with E-state index in [0.29, 0.717) is 0 Å². The third-order valence-corrected chi connectivity index (χ3v) is 3.41. The lowest BCUT2D eigenvalue weighted by atomic mass is 10.0. The fourth-order valence-corrected chi connectivity index (χ4v) is 2.36. The van der Waals surface area contributed by atoms with Gasteiger partial charge in [-0.2, -0.15) is 0 Å². The first kappa shape index (κ1) is 10.3. The van der Waals surface area contributed by atoms with Crippen LogP contribution in [-0.4, -0.2) is 4.98 Å². The Bertz CT molecular complexity index is 423. The Labute approximate surface area is 93.8 Å². The zero-order valence-corrected chi connectivity index (χ0v) is 9.50. The maximum Gasteiger partial charge on any atom is 0.0822 e. The first-order chi connectivity index (χ1) is 7.33. The van der Waals surface area contributed by atoms with Crippen molar-refractivity contribution >= 4 is 11.3 Å². The SMILES string of the molecule is CCc1cccnc1C(N)c1cccs1. The number of nitrogens with zero attached hydrogens (tertiary/aromatic N) is 1. The highest BCUT2D eigenvalue weighted by molar-refractivity contribution is 7.10. The Balaban J connectivity index is 2.37. The van der Waals surface area contributed by atoms with E-state index in [1.54, 1.807) is 11.3 Å². The predicted octanol–water partition coefficient (Wildman–Crippen LogP) is 2.75. The molecule has 0 spiro atoms. The van der Waals surface area contributed by atoms with E-state index in [-0.39, 0.29) is 6.04 Å². The van der Waals surface area contributed by atoms with Crippen molar-refractivity contribution in [2.45, 2.75) is 19.4 Å². The van der Waals surface area contributed by atoms with Gasteiger partial charge in [0.15, 0.2) is 0 Å². The average Bonchev–Trinajstić information content (AvgIpc) is 2.81. The summed E-state index contributed by atoms with van der Waals surface area (Å²) in [6, 6.07) is 8.05. The van der Waals surface area contributed by atoms with Crippen molar-refractivity contribution in [2.24, 2.45) is 5.73 Å². The molecule has 1 unspecified atom stereocenters. The first-order valence-corrected chi connectivity index (χ1v) is 5.93. The molecule has 2 aromatic heterocycles. The van der Waals surface area contributed by atoms with Crippen LogP contribution in [-0.2, 0) is 6.42 Å². The topological polar surface area (TPSA) is 38.9 Å². The summed E-state index contributed by atoms with van der Waals surface area (Å²) in [6.07, 6.45) is 2.78. The lowest BCUT2D eigenvalue weighted by Gasteiger charge is -2.12. The fraction of sp³-hybridized carbons (Fsp3) is 0.250. The van der Waals surface area contributed by atoms with E-state index in [4.69, 9.17) is 5.73 Å². The Morgan fingerprint density at radius 3 is 2.93 bits per heavy atom. The number of hydrogen-bond acceptors (Lipinski definition) is 3. The van der Waals surface area contributed by atoms with E-state index in [9.17, 15) is 0 Å². The van der Waals surface area contributed by atoms with Crippen LogP contribution in [0.25, 0.3) is 0 Å². The van der Waals surface area contributed by atoms with Crippen molar-refractivity contribution < 1.29 is 0 Å². The van der Waals surface area contributed by atoms with Crippen LogP contribution in [0.5, 0.6) is 0 Å². The molecule has 2 rings (SSSR count). The Hall–Kier alpha value is -1.19. The molecule has 0 aliphatic rings. The molecule has 0 aromatic carbocycles. The maximum absolute atomic E-state index is 6.19.